The maximum atomic E-state index is 12.8. The summed E-state index contributed by atoms with van der Waals surface area (Å²) in [5.41, 5.74) is 3.42. The first kappa shape index (κ1) is 23.5. The molecule has 0 saturated carbocycles. The maximum absolute atomic E-state index is 12.8. The Hall–Kier alpha value is -2.64. The fourth-order valence-corrected chi connectivity index (χ4v) is 5.35. The number of ether oxygens (including phenoxy) is 1. The van der Waals surface area contributed by atoms with E-state index >= 15 is 0 Å². The van der Waals surface area contributed by atoms with E-state index in [4.69, 9.17) is 4.74 Å². The van der Waals surface area contributed by atoms with E-state index in [0.29, 0.717) is 5.92 Å². The first-order valence-corrected chi connectivity index (χ1v) is 13.4. The Balaban J connectivity index is 1.51. The maximum Gasteiger partial charge on any atom is 0.419 e. The lowest BCUT2D eigenvalue weighted by Crippen LogP contribution is -2.26. The van der Waals surface area contributed by atoms with Crippen LogP contribution in [-0.4, -0.2) is 48.9 Å². The molecule has 1 saturated heterocycles. The number of benzene rings is 2. The molecule has 0 N–H and O–H groups in total. The van der Waals surface area contributed by atoms with Crippen molar-refractivity contribution in [1.29, 1.82) is 0 Å². The van der Waals surface area contributed by atoms with E-state index in [9.17, 15) is 13.2 Å². The van der Waals surface area contributed by atoms with Gasteiger partial charge in [-0.05, 0) is 62.4 Å². The third-order valence-electron chi connectivity index (χ3n) is 5.90. The summed E-state index contributed by atoms with van der Waals surface area (Å²) in [6, 6.07) is 15.9. The SMILES string of the molecule is CC(C)(C)OC(=O)n1cc(CN2CCC(c3cccc(CS(C)(=O)=O)c3)C2)c2ccccc21. The van der Waals surface area contributed by atoms with Crippen molar-refractivity contribution in [1.82, 2.24) is 9.47 Å². The number of hydrogen-bond acceptors (Lipinski definition) is 5. The third kappa shape index (κ3) is 5.84. The van der Waals surface area contributed by atoms with E-state index in [1.54, 1.807) is 4.57 Å². The number of hydrogen-bond donors (Lipinski definition) is 0. The molecule has 0 bridgehead atoms. The quantitative estimate of drug-likeness (QED) is 0.529. The number of carbonyl (C=O) groups excluding carboxylic acids is 1. The minimum absolute atomic E-state index is 0.0709. The molecule has 176 valence electrons. The van der Waals surface area contributed by atoms with Gasteiger partial charge in [0.2, 0.25) is 0 Å². The predicted octanol–water partition coefficient (Wildman–Crippen LogP) is 4.96. The Morgan fingerprint density at radius 3 is 2.61 bits per heavy atom. The molecule has 7 heteroatoms. The third-order valence-corrected chi connectivity index (χ3v) is 6.76. The van der Waals surface area contributed by atoms with Gasteiger partial charge in [-0.15, -0.1) is 0 Å². The van der Waals surface area contributed by atoms with Crippen molar-refractivity contribution < 1.29 is 17.9 Å². The van der Waals surface area contributed by atoms with Crippen LogP contribution in [0.15, 0.2) is 54.7 Å². The zero-order valence-corrected chi connectivity index (χ0v) is 20.6. The van der Waals surface area contributed by atoms with Gasteiger partial charge in [0, 0.05) is 30.9 Å². The number of para-hydroxylation sites is 1. The predicted molar refractivity (Wildman–Crippen MR) is 131 cm³/mol. The Morgan fingerprint density at radius 1 is 1.12 bits per heavy atom. The van der Waals surface area contributed by atoms with Gasteiger partial charge in [-0.25, -0.2) is 13.2 Å². The number of fused-ring (bicyclic) bond motifs is 1. The molecule has 1 aromatic heterocycles. The van der Waals surface area contributed by atoms with Gasteiger partial charge in [-0.3, -0.25) is 9.47 Å². The smallest absolute Gasteiger partial charge is 0.419 e. The van der Waals surface area contributed by atoms with Crippen LogP contribution in [0.1, 0.15) is 49.8 Å². The zero-order valence-electron chi connectivity index (χ0n) is 19.7. The van der Waals surface area contributed by atoms with Gasteiger partial charge < -0.3 is 4.74 Å². The Labute approximate surface area is 196 Å². The molecule has 2 heterocycles. The van der Waals surface area contributed by atoms with E-state index < -0.39 is 15.4 Å². The summed E-state index contributed by atoms with van der Waals surface area (Å²) in [6.07, 6.45) is 3.82. The second kappa shape index (κ2) is 8.95. The van der Waals surface area contributed by atoms with Crippen LogP contribution in [0.25, 0.3) is 10.9 Å². The highest BCUT2D eigenvalue weighted by Gasteiger charge is 2.26. The molecule has 3 aromatic rings. The number of aromatic nitrogens is 1. The van der Waals surface area contributed by atoms with Crippen molar-refractivity contribution in [3.8, 4) is 0 Å². The van der Waals surface area contributed by atoms with Crippen molar-refractivity contribution in [2.75, 3.05) is 19.3 Å². The first-order valence-electron chi connectivity index (χ1n) is 11.3. The summed E-state index contributed by atoms with van der Waals surface area (Å²) in [7, 11) is -3.06. The summed E-state index contributed by atoms with van der Waals surface area (Å²) in [5.74, 6) is 0.435. The number of carbonyl (C=O) groups is 1. The lowest BCUT2D eigenvalue weighted by molar-refractivity contribution is 0.0544. The Bertz CT molecular complexity index is 1270. The summed E-state index contributed by atoms with van der Waals surface area (Å²) in [5, 5.41) is 1.06. The van der Waals surface area contributed by atoms with E-state index in [1.807, 2.05) is 69.4 Å². The molecule has 1 fully saturated rings. The first-order chi connectivity index (χ1) is 15.5. The number of nitrogens with zero attached hydrogens (tertiary/aromatic N) is 2. The van der Waals surface area contributed by atoms with Gasteiger partial charge in [0.05, 0.1) is 11.3 Å². The second-order valence-corrected chi connectivity index (χ2v) is 12.2. The number of sulfone groups is 1. The van der Waals surface area contributed by atoms with Gasteiger partial charge in [-0.1, -0.05) is 42.5 Å². The molecule has 2 aromatic carbocycles. The minimum atomic E-state index is -3.06. The standard InChI is InChI=1S/C26H32N2O4S/c1-26(2,3)32-25(29)28-17-22(23-10-5-6-11-24(23)28)16-27-13-12-21(15-27)20-9-7-8-19(14-20)18-33(4,30)31/h5-11,14,17,21H,12-13,15-16,18H2,1-4H3. The van der Waals surface area contributed by atoms with Crippen molar-refractivity contribution in [3.05, 3.63) is 71.4 Å². The summed E-state index contributed by atoms with van der Waals surface area (Å²) in [6.45, 7) is 8.20. The van der Waals surface area contributed by atoms with E-state index in [-0.39, 0.29) is 11.8 Å². The van der Waals surface area contributed by atoms with E-state index in [2.05, 4.69) is 11.0 Å². The largest absolute Gasteiger partial charge is 0.443 e. The molecule has 4 rings (SSSR count). The van der Waals surface area contributed by atoms with Crippen LogP contribution < -0.4 is 0 Å². The van der Waals surface area contributed by atoms with Gasteiger partial charge >= 0.3 is 6.09 Å². The molecule has 6 nitrogen and oxygen atoms in total. The monoisotopic (exact) mass is 468 g/mol. The Morgan fingerprint density at radius 2 is 1.88 bits per heavy atom. The topological polar surface area (TPSA) is 68.6 Å². The summed E-state index contributed by atoms with van der Waals surface area (Å²) >= 11 is 0. The molecule has 33 heavy (non-hydrogen) atoms. The second-order valence-electron chi connectivity index (χ2n) is 10.1. The molecule has 1 atom stereocenters. The molecule has 1 unspecified atom stereocenters. The summed E-state index contributed by atoms with van der Waals surface area (Å²) in [4.78, 5) is 15.2. The van der Waals surface area contributed by atoms with Crippen LogP contribution in [0.2, 0.25) is 0 Å². The average Bonchev–Trinajstić information content (AvgIpc) is 3.31. The zero-order chi connectivity index (χ0) is 23.8. The van der Waals surface area contributed by atoms with Gasteiger partial charge in [-0.2, -0.15) is 0 Å². The van der Waals surface area contributed by atoms with Crippen LogP contribution in [0.5, 0.6) is 0 Å². The molecule has 0 amide bonds. The molecule has 1 aliphatic rings. The Kier molecular flexibility index (Phi) is 6.38. The number of rotatable bonds is 5. The highest BCUT2D eigenvalue weighted by Crippen LogP contribution is 2.31. The van der Waals surface area contributed by atoms with Crippen LogP contribution in [-0.2, 0) is 26.9 Å². The van der Waals surface area contributed by atoms with E-state index in [1.165, 1.54) is 11.8 Å². The lowest BCUT2D eigenvalue weighted by atomic mass is 9.97. The molecular formula is C26H32N2O4S. The lowest BCUT2D eigenvalue weighted by Gasteiger charge is -2.19. The van der Waals surface area contributed by atoms with Crippen molar-refractivity contribution in [2.45, 2.75) is 51.0 Å². The average molecular weight is 469 g/mol. The van der Waals surface area contributed by atoms with Gasteiger partial charge in [0.25, 0.3) is 0 Å². The normalized spacial score (nSPS) is 17.5. The molecule has 0 radical (unpaired) electrons. The fourth-order valence-electron chi connectivity index (χ4n) is 4.57. The van der Waals surface area contributed by atoms with E-state index in [0.717, 1.165) is 48.1 Å². The van der Waals surface area contributed by atoms with Crippen molar-refractivity contribution in [3.63, 3.8) is 0 Å². The van der Waals surface area contributed by atoms with Crippen LogP contribution >= 0.6 is 0 Å². The number of likely N-dealkylation sites (tertiary alicyclic amines) is 1. The molecular weight excluding hydrogens is 436 g/mol. The molecule has 1 aliphatic heterocycles. The van der Waals surface area contributed by atoms with Crippen molar-refractivity contribution >= 4 is 26.8 Å². The molecule has 0 aliphatic carbocycles. The van der Waals surface area contributed by atoms with Crippen LogP contribution in [0.4, 0.5) is 4.79 Å². The van der Waals surface area contributed by atoms with Crippen LogP contribution in [0.3, 0.4) is 0 Å². The highest BCUT2D eigenvalue weighted by molar-refractivity contribution is 7.89. The van der Waals surface area contributed by atoms with Crippen LogP contribution in [0, 0.1) is 0 Å². The molecule has 0 spiro atoms. The fraction of sp³-hybridized carbons (Fsp3) is 0.423. The van der Waals surface area contributed by atoms with Crippen molar-refractivity contribution in [2.24, 2.45) is 0 Å². The highest BCUT2D eigenvalue weighted by atomic mass is 32.2. The minimum Gasteiger partial charge on any atom is -0.443 e. The van der Waals surface area contributed by atoms with Gasteiger partial charge in [0.15, 0.2) is 9.84 Å². The summed E-state index contributed by atoms with van der Waals surface area (Å²) < 4.78 is 30.6. The van der Waals surface area contributed by atoms with Gasteiger partial charge in [0.1, 0.15) is 5.60 Å².